The number of nitrogens with one attached hydrogen (secondary N) is 1. The number of carbonyl (C=O) groups is 1. The van der Waals surface area contributed by atoms with Crippen LogP contribution in [-0.2, 0) is 16.1 Å². The fourth-order valence-corrected chi connectivity index (χ4v) is 3.30. The number of ether oxygens (including phenoxy) is 1. The quantitative estimate of drug-likeness (QED) is 0.902. The van der Waals surface area contributed by atoms with Crippen molar-refractivity contribution in [1.29, 1.82) is 0 Å². The van der Waals surface area contributed by atoms with Crippen molar-refractivity contribution >= 4 is 5.91 Å². The lowest BCUT2D eigenvalue weighted by Gasteiger charge is -2.32. The Morgan fingerprint density at radius 3 is 3.00 bits per heavy atom. The highest BCUT2D eigenvalue weighted by molar-refractivity contribution is 5.73. The van der Waals surface area contributed by atoms with Crippen molar-refractivity contribution in [1.82, 2.24) is 20.0 Å². The number of hydrogen-bond acceptors (Lipinski definition) is 4. The molecule has 0 spiro atoms. The van der Waals surface area contributed by atoms with Crippen LogP contribution in [0.25, 0.3) is 0 Å². The van der Waals surface area contributed by atoms with Gasteiger partial charge in [-0.1, -0.05) is 0 Å². The summed E-state index contributed by atoms with van der Waals surface area (Å²) >= 11 is 0. The van der Waals surface area contributed by atoms with Crippen LogP contribution in [0.4, 0.5) is 0 Å². The second-order valence-electron chi connectivity index (χ2n) is 6.00. The number of aromatic nitrogens is 2. The van der Waals surface area contributed by atoms with Gasteiger partial charge in [0, 0.05) is 56.8 Å². The maximum absolute atomic E-state index is 11.6. The molecule has 2 saturated heterocycles. The number of nitrogens with zero attached hydrogens (tertiary/aromatic N) is 3. The first-order valence-corrected chi connectivity index (χ1v) is 7.82. The van der Waals surface area contributed by atoms with Crippen LogP contribution in [0.5, 0.6) is 0 Å². The van der Waals surface area contributed by atoms with E-state index in [1.54, 1.807) is 6.92 Å². The van der Waals surface area contributed by atoms with Crippen molar-refractivity contribution in [3.05, 3.63) is 17.5 Å². The van der Waals surface area contributed by atoms with Crippen molar-refractivity contribution < 1.29 is 9.53 Å². The Morgan fingerprint density at radius 2 is 2.24 bits per heavy atom. The molecule has 0 saturated carbocycles. The van der Waals surface area contributed by atoms with E-state index < -0.39 is 0 Å². The Balaban J connectivity index is 1.67. The summed E-state index contributed by atoms with van der Waals surface area (Å²) in [5.74, 6) is 0.565. The molecule has 1 atom stereocenters. The number of aromatic amines is 1. The molecular formula is C15H24N4O2. The standard InChI is InChI=1S/C15H24N4O2/c1-12(20)19-4-2-3-13(11-19)15-14(9-16-17-15)10-18-5-7-21-8-6-18/h9,13H,2-8,10-11H2,1H3,(H,16,17). The van der Waals surface area contributed by atoms with Crippen LogP contribution >= 0.6 is 0 Å². The summed E-state index contributed by atoms with van der Waals surface area (Å²) in [5.41, 5.74) is 2.49. The SMILES string of the molecule is CC(=O)N1CCCC(c2[nH]ncc2CN2CCOCC2)C1. The molecule has 2 fully saturated rings. The van der Waals surface area contributed by atoms with Gasteiger partial charge in [-0.05, 0) is 12.8 Å². The Labute approximate surface area is 125 Å². The van der Waals surface area contributed by atoms with Gasteiger partial charge in [0.25, 0.3) is 0 Å². The normalized spacial score (nSPS) is 24.2. The maximum atomic E-state index is 11.6. The Morgan fingerprint density at radius 1 is 1.43 bits per heavy atom. The van der Waals surface area contributed by atoms with E-state index >= 15 is 0 Å². The van der Waals surface area contributed by atoms with Crippen LogP contribution < -0.4 is 0 Å². The molecule has 0 radical (unpaired) electrons. The highest BCUT2D eigenvalue weighted by Gasteiger charge is 2.26. The van der Waals surface area contributed by atoms with Crippen molar-refractivity contribution in [2.24, 2.45) is 0 Å². The number of piperidine rings is 1. The summed E-state index contributed by atoms with van der Waals surface area (Å²) in [6, 6.07) is 0. The van der Waals surface area contributed by atoms with Gasteiger partial charge < -0.3 is 9.64 Å². The number of amides is 1. The van der Waals surface area contributed by atoms with Gasteiger partial charge in [-0.25, -0.2) is 0 Å². The van der Waals surface area contributed by atoms with Crippen molar-refractivity contribution in [3.8, 4) is 0 Å². The molecule has 21 heavy (non-hydrogen) atoms. The number of likely N-dealkylation sites (tertiary alicyclic amines) is 1. The van der Waals surface area contributed by atoms with Gasteiger partial charge in [-0.3, -0.25) is 14.8 Å². The first kappa shape index (κ1) is 14.5. The predicted molar refractivity (Wildman–Crippen MR) is 78.9 cm³/mol. The average Bonchev–Trinajstić information content (AvgIpc) is 2.96. The molecule has 2 aliphatic rings. The molecule has 2 aliphatic heterocycles. The van der Waals surface area contributed by atoms with E-state index in [1.165, 1.54) is 11.3 Å². The minimum absolute atomic E-state index is 0.175. The average molecular weight is 292 g/mol. The van der Waals surface area contributed by atoms with Gasteiger partial charge in [0.15, 0.2) is 0 Å². The molecule has 1 amide bonds. The van der Waals surface area contributed by atoms with Gasteiger partial charge in [0.05, 0.1) is 19.4 Å². The monoisotopic (exact) mass is 292 g/mol. The first-order valence-electron chi connectivity index (χ1n) is 7.82. The third-order valence-corrected chi connectivity index (χ3v) is 4.52. The van der Waals surface area contributed by atoms with E-state index in [1.807, 2.05) is 11.1 Å². The smallest absolute Gasteiger partial charge is 0.219 e. The summed E-state index contributed by atoms with van der Waals surface area (Å²) in [6.07, 6.45) is 4.14. The van der Waals surface area contributed by atoms with E-state index in [2.05, 4.69) is 15.1 Å². The molecular weight excluding hydrogens is 268 g/mol. The van der Waals surface area contributed by atoms with Crippen LogP contribution in [0.3, 0.4) is 0 Å². The summed E-state index contributed by atoms with van der Waals surface area (Å²) in [4.78, 5) is 16.0. The zero-order valence-electron chi connectivity index (χ0n) is 12.7. The van der Waals surface area contributed by atoms with Crippen LogP contribution in [-0.4, -0.2) is 65.3 Å². The van der Waals surface area contributed by atoms with Crippen molar-refractivity contribution in [3.63, 3.8) is 0 Å². The van der Waals surface area contributed by atoms with Crippen molar-refractivity contribution in [2.75, 3.05) is 39.4 Å². The summed E-state index contributed by atoms with van der Waals surface area (Å²) in [5, 5.41) is 7.43. The van der Waals surface area contributed by atoms with Crippen LogP contribution in [0, 0.1) is 0 Å². The molecule has 1 aromatic rings. The Bertz CT molecular complexity index is 482. The third kappa shape index (κ3) is 3.44. The lowest BCUT2D eigenvalue weighted by molar-refractivity contribution is -0.130. The van der Waals surface area contributed by atoms with E-state index in [0.29, 0.717) is 5.92 Å². The summed E-state index contributed by atoms with van der Waals surface area (Å²) in [7, 11) is 0. The molecule has 1 aromatic heterocycles. The van der Waals surface area contributed by atoms with Crippen LogP contribution in [0.15, 0.2) is 6.20 Å². The lowest BCUT2D eigenvalue weighted by atomic mass is 9.92. The van der Waals surface area contributed by atoms with Gasteiger partial charge in [0.1, 0.15) is 0 Å². The molecule has 0 bridgehead atoms. The maximum Gasteiger partial charge on any atom is 0.219 e. The second kappa shape index (κ2) is 6.58. The molecule has 6 nitrogen and oxygen atoms in total. The molecule has 6 heteroatoms. The van der Waals surface area contributed by atoms with Gasteiger partial charge >= 0.3 is 0 Å². The molecule has 3 heterocycles. The number of carbonyl (C=O) groups excluding carboxylic acids is 1. The van der Waals surface area contributed by atoms with E-state index in [0.717, 1.165) is 58.8 Å². The van der Waals surface area contributed by atoms with Crippen LogP contribution in [0.2, 0.25) is 0 Å². The van der Waals surface area contributed by atoms with E-state index in [9.17, 15) is 4.79 Å². The Hall–Kier alpha value is -1.40. The third-order valence-electron chi connectivity index (χ3n) is 4.52. The molecule has 0 aromatic carbocycles. The number of rotatable bonds is 3. The predicted octanol–water partition coefficient (Wildman–Crippen LogP) is 0.968. The molecule has 1 N–H and O–H groups in total. The summed E-state index contributed by atoms with van der Waals surface area (Å²) in [6.45, 7) is 7.87. The fraction of sp³-hybridized carbons (Fsp3) is 0.733. The minimum atomic E-state index is 0.175. The largest absolute Gasteiger partial charge is 0.379 e. The Kier molecular flexibility index (Phi) is 4.55. The zero-order valence-corrected chi connectivity index (χ0v) is 12.7. The zero-order chi connectivity index (χ0) is 14.7. The first-order chi connectivity index (χ1) is 10.2. The molecule has 0 aliphatic carbocycles. The number of hydrogen-bond donors (Lipinski definition) is 1. The summed E-state index contributed by atoms with van der Waals surface area (Å²) < 4.78 is 5.40. The lowest BCUT2D eigenvalue weighted by Crippen LogP contribution is -2.38. The van der Waals surface area contributed by atoms with E-state index in [4.69, 9.17) is 4.74 Å². The molecule has 1 unspecified atom stereocenters. The number of H-pyrrole nitrogens is 1. The topological polar surface area (TPSA) is 61.5 Å². The van der Waals surface area contributed by atoms with Gasteiger partial charge in [-0.15, -0.1) is 0 Å². The number of morpholine rings is 1. The fourth-order valence-electron chi connectivity index (χ4n) is 3.30. The molecule has 116 valence electrons. The van der Waals surface area contributed by atoms with Crippen molar-refractivity contribution in [2.45, 2.75) is 32.2 Å². The van der Waals surface area contributed by atoms with Gasteiger partial charge in [0.2, 0.25) is 5.91 Å². The second-order valence-corrected chi connectivity index (χ2v) is 6.00. The van der Waals surface area contributed by atoms with E-state index in [-0.39, 0.29) is 5.91 Å². The highest BCUT2D eigenvalue weighted by Crippen LogP contribution is 2.28. The molecule has 3 rings (SSSR count). The van der Waals surface area contributed by atoms with Gasteiger partial charge in [-0.2, -0.15) is 5.10 Å². The highest BCUT2D eigenvalue weighted by atomic mass is 16.5. The van der Waals surface area contributed by atoms with Crippen LogP contribution in [0.1, 0.15) is 36.9 Å². The minimum Gasteiger partial charge on any atom is -0.379 e.